The molecule has 3 nitrogen and oxygen atoms in total. The van der Waals surface area contributed by atoms with Crippen LogP contribution in [0.4, 0.5) is 5.69 Å². The number of nitrogens with zero attached hydrogens (tertiary/aromatic N) is 1. The third kappa shape index (κ3) is 1.97. The van der Waals surface area contributed by atoms with Crippen molar-refractivity contribution in [2.24, 2.45) is 0 Å². The molecule has 3 N–H and O–H groups in total. The van der Waals surface area contributed by atoms with Gasteiger partial charge in [0, 0.05) is 17.4 Å². The fourth-order valence-corrected chi connectivity index (χ4v) is 1.49. The Kier molecular flexibility index (Phi) is 2.65. The van der Waals surface area contributed by atoms with Crippen molar-refractivity contribution in [2.45, 2.75) is 6.61 Å². The monoisotopic (exact) mass is 200 g/mol. The van der Waals surface area contributed by atoms with E-state index in [0.717, 1.165) is 16.8 Å². The molecule has 0 saturated heterocycles. The molecule has 0 bridgehead atoms. The molecular weight excluding hydrogens is 188 g/mol. The maximum absolute atomic E-state index is 9.15. The lowest BCUT2D eigenvalue weighted by Gasteiger charge is -2.06. The average Bonchev–Trinajstić information content (AvgIpc) is 2.30. The van der Waals surface area contributed by atoms with Gasteiger partial charge in [-0.15, -0.1) is 0 Å². The molecule has 0 aliphatic carbocycles. The summed E-state index contributed by atoms with van der Waals surface area (Å²) in [5, 5.41) is 9.15. The topological polar surface area (TPSA) is 59.1 Å². The van der Waals surface area contributed by atoms with Gasteiger partial charge in [0.15, 0.2) is 0 Å². The summed E-state index contributed by atoms with van der Waals surface area (Å²) >= 11 is 0. The van der Waals surface area contributed by atoms with E-state index >= 15 is 0 Å². The highest BCUT2D eigenvalue weighted by Crippen LogP contribution is 2.22. The van der Waals surface area contributed by atoms with Crippen LogP contribution in [-0.2, 0) is 6.61 Å². The molecule has 15 heavy (non-hydrogen) atoms. The molecule has 0 aliphatic heterocycles. The second-order valence-electron chi connectivity index (χ2n) is 3.28. The summed E-state index contributed by atoms with van der Waals surface area (Å²) in [6, 6.07) is 11.3. The largest absolute Gasteiger partial charge is 0.399 e. The Labute approximate surface area is 88.2 Å². The van der Waals surface area contributed by atoms with Crippen LogP contribution in [-0.4, -0.2) is 10.1 Å². The van der Waals surface area contributed by atoms with Crippen LogP contribution in [0.25, 0.3) is 11.1 Å². The van der Waals surface area contributed by atoms with Crippen LogP contribution in [0.1, 0.15) is 5.69 Å². The number of aliphatic hydroxyl groups excluding tert-OH is 1. The summed E-state index contributed by atoms with van der Waals surface area (Å²) in [6.07, 6.45) is 1.67. The smallest absolute Gasteiger partial charge is 0.0859 e. The van der Waals surface area contributed by atoms with Crippen molar-refractivity contribution in [2.75, 3.05) is 5.73 Å². The van der Waals surface area contributed by atoms with Crippen LogP contribution in [0, 0.1) is 0 Å². The van der Waals surface area contributed by atoms with Gasteiger partial charge in [0.05, 0.1) is 12.3 Å². The number of rotatable bonds is 2. The molecule has 0 amide bonds. The second-order valence-corrected chi connectivity index (χ2v) is 3.28. The predicted molar refractivity (Wildman–Crippen MR) is 60.0 cm³/mol. The maximum atomic E-state index is 9.15. The van der Waals surface area contributed by atoms with Crippen LogP contribution >= 0.6 is 0 Å². The van der Waals surface area contributed by atoms with Crippen molar-refractivity contribution in [1.82, 2.24) is 4.98 Å². The van der Waals surface area contributed by atoms with Crippen LogP contribution in [0.3, 0.4) is 0 Å². The van der Waals surface area contributed by atoms with E-state index in [1.165, 1.54) is 0 Å². The van der Waals surface area contributed by atoms with Gasteiger partial charge in [-0.2, -0.15) is 0 Å². The molecule has 76 valence electrons. The summed E-state index contributed by atoms with van der Waals surface area (Å²) in [6.45, 7) is -0.0550. The van der Waals surface area contributed by atoms with E-state index in [1.54, 1.807) is 6.20 Å². The van der Waals surface area contributed by atoms with Gasteiger partial charge in [0.1, 0.15) is 0 Å². The van der Waals surface area contributed by atoms with E-state index in [2.05, 4.69) is 4.98 Å². The number of benzene rings is 1. The van der Waals surface area contributed by atoms with Gasteiger partial charge in [-0.05, 0) is 23.8 Å². The Bertz CT molecular complexity index is 451. The lowest BCUT2D eigenvalue weighted by molar-refractivity contribution is 0.277. The number of hydrogen-bond donors (Lipinski definition) is 2. The minimum Gasteiger partial charge on any atom is -0.399 e. The van der Waals surface area contributed by atoms with Crippen molar-refractivity contribution >= 4 is 5.69 Å². The molecule has 2 rings (SSSR count). The third-order valence-electron chi connectivity index (χ3n) is 2.26. The molecule has 3 heteroatoms. The minimum absolute atomic E-state index is 0.0550. The molecule has 0 fully saturated rings. The van der Waals surface area contributed by atoms with Crippen LogP contribution in [0.5, 0.6) is 0 Å². The van der Waals surface area contributed by atoms with E-state index in [0.29, 0.717) is 5.69 Å². The number of anilines is 1. The minimum atomic E-state index is -0.0550. The van der Waals surface area contributed by atoms with E-state index in [-0.39, 0.29) is 6.61 Å². The molecule has 0 unspecified atom stereocenters. The Morgan fingerprint density at radius 2 is 1.87 bits per heavy atom. The zero-order chi connectivity index (χ0) is 10.7. The molecule has 2 aromatic rings. The molecule has 0 saturated carbocycles. The molecule has 1 aromatic carbocycles. The van der Waals surface area contributed by atoms with Crippen molar-refractivity contribution in [1.29, 1.82) is 0 Å². The van der Waals surface area contributed by atoms with Crippen molar-refractivity contribution in [3.8, 4) is 11.1 Å². The number of pyridine rings is 1. The summed E-state index contributed by atoms with van der Waals surface area (Å²) in [4.78, 5) is 4.11. The number of nitrogen functional groups attached to an aromatic ring is 1. The zero-order valence-corrected chi connectivity index (χ0v) is 8.22. The normalized spacial score (nSPS) is 10.2. The summed E-state index contributed by atoms with van der Waals surface area (Å²) < 4.78 is 0. The molecular formula is C12H12N2O. The van der Waals surface area contributed by atoms with Crippen molar-refractivity contribution < 1.29 is 5.11 Å². The van der Waals surface area contributed by atoms with E-state index in [9.17, 15) is 0 Å². The van der Waals surface area contributed by atoms with Gasteiger partial charge in [0.2, 0.25) is 0 Å². The summed E-state index contributed by atoms with van der Waals surface area (Å²) in [5.41, 5.74) is 8.98. The average molecular weight is 200 g/mol. The fraction of sp³-hybridized carbons (Fsp3) is 0.0833. The number of aromatic nitrogens is 1. The number of aliphatic hydroxyl groups is 1. The second kappa shape index (κ2) is 4.11. The first kappa shape index (κ1) is 9.68. The first-order valence-corrected chi connectivity index (χ1v) is 4.72. The lowest BCUT2D eigenvalue weighted by Crippen LogP contribution is -1.93. The van der Waals surface area contributed by atoms with Gasteiger partial charge in [-0.3, -0.25) is 4.98 Å². The molecule has 0 spiro atoms. The van der Waals surface area contributed by atoms with Crippen LogP contribution in [0.2, 0.25) is 0 Å². The Balaban J connectivity index is 2.49. The first-order valence-electron chi connectivity index (χ1n) is 4.72. The Morgan fingerprint density at radius 3 is 2.53 bits per heavy atom. The van der Waals surface area contributed by atoms with Gasteiger partial charge in [-0.25, -0.2) is 0 Å². The van der Waals surface area contributed by atoms with Crippen molar-refractivity contribution in [3.05, 3.63) is 48.3 Å². The van der Waals surface area contributed by atoms with Gasteiger partial charge < -0.3 is 10.8 Å². The maximum Gasteiger partial charge on any atom is 0.0859 e. The highest BCUT2D eigenvalue weighted by molar-refractivity contribution is 5.67. The van der Waals surface area contributed by atoms with Crippen LogP contribution < -0.4 is 5.73 Å². The molecule has 0 atom stereocenters. The first-order chi connectivity index (χ1) is 7.31. The van der Waals surface area contributed by atoms with Gasteiger partial charge in [0.25, 0.3) is 0 Å². The number of nitrogens with two attached hydrogens (primary N) is 1. The van der Waals surface area contributed by atoms with E-state index < -0.39 is 0 Å². The standard InChI is InChI=1S/C12H12N2O/c13-10-5-3-9(4-6-10)11-2-1-7-14-12(11)8-15/h1-7,15H,8,13H2. The quantitative estimate of drug-likeness (QED) is 0.727. The predicted octanol–water partition coefficient (Wildman–Crippen LogP) is 1.82. The Hall–Kier alpha value is -1.87. The lowest BCUT2D eigenvalue weighted by atomic mass is 10.0. The molecule has 1 heterocycles. The SMILES string of the molecule is Nc1ccc(-c2cccnc2CO)cc1. The zero-order valence-electron chi connectivity index (χ0n) is 8.22. The van der Waals surface area contributed by atoms with Crippen LogP contribution in [0.15, 0.2) is 42.6 Å². The van der Waals surface area contributed by atoms with Gasteiger partial charge >= 0.3 is 0 Å². The Morgan fingerprint density at radius 1 is 1.13 bits per heavy atom. The molecule has 0 radical (unpaired) electrons. The highest BCUT2D eigenvalue weighted by Gasteiger charge is 2.03. The highest BCUT2D eigenvalue weighted by atomic mass is 16.3. The van der Waals surface area contributed by atoms with E-state index in [4.69, 9.17) is 10.8 Å². The van der Waals surface area contributed by atoms with Crippen molar-refractivity contribution in [3.63, 3.8) is 0 Å². The molecule has 1 aromatic heterocycles. The summed E-state index contributed by atoms with van der Waals surface area (Å²) in [7, 11) is 0. The fourth-order valence-electron chi connectivity index (χ4n) is 1.49. The summed E-state index contributed by atoms with van der Waals surface area (Å²) in [5.74, 6) is 0. The van der Waals surface area contributed by atoms with E-state index in [1.807, 2.05) is 36.4 Å². The number of hydrogen-bond acceptors (Lipinski definition) is 3. The molecule has 0 aliphatic rings. The van der Waals surface area contributed by atoms with Gasteiger partial charge in [-0.1, -0.05) is 18.2 Å². The third-order valence-corrected chi connectivity index (χ3v) is 2.26.